The molecule has 0 aliphatic heterocycles. The van der Waals surface area contributed by atoms with E-state index in [4.69, 9.17) is 0 Å². The van der Waals surface area contributed by atoms with Gasteiger partial charge in [-0.15, -0.1) is 0 Å². The molecular weight excluding hydrogens is 314 g/mol. The number of hydrogen-bond donors (Lipinski definition) is 1. The Morgan fingerprint density at radius 2 is 1.68 bits per heavy atom. The van der Waals surface area contributed by atoms with Crippen LogP contribution < -0.4 is 10.2 Å². The topological polar surface area (TPSA) is 63.1 Å². The van der Waals surface area contributed by atoms with E-state index >= 15 is 0 Å². The Kier molecular flexibility index (Phi) is 5.09. The van der Waals surface area contributed by atoms with Gasteiger partial charge in [0.2, 0.25) is 0 Å². The van der Waals surface area contributed by atoms with Crippen molar-refractivity contribution in [3.05, 3.63) is 78.1 Å². The monoisotopic (exact) mass is 335 g/mol. The molecule has 0 fully saturated rings. The fourth-order valence-electron chi connectivity index (χ4n) is 2.57. The third kappa shape index (κ3) is 4.23. The summed E-state index contributed by atoms with van der Waals surface area (Å²) in [5.41, 5.74) is 2.69. The van der Waals surface area contributed by atoms with Crippen molar-refractivity contribution in [3.63, 3.8) is 0 Å². The van der Waals surface area contributed by atoms with E-state index in [0.29, 0.717) is 12.1 Å². The van der Waals surface area contributed by atoms with Crippen molar-refractivity contribution in [3.8, 4) is 0 Å². The largest absolute Gasteiger partial charge is 0.378 e. The van der Waals surface area contributed by atoms with Crippen LogP contribution in [0.4, 0.5) is 5.69 Å². The summed E-state index contributed by atoms with van der Waals surface area (Å²) < 4.78 is 0. The molecule has 128 valence electrons. The SMILES string of the molecule is CN(C)c1ccc(C(=O)NC(Cn2nccn2)c2ccccc2)cc1. The summed E-state index contributed by atoms with van der Waals surface area (Å²) >= 11 is 0. The fourth-order valence-corrected chi connectivity index (χ4v) is 2.57. The van der Waals surface area contributed by atoms with Gasteiger partial charge in [-0.1, -0.05) is 30.3 Å². The highest BCUT2D eigenvalue weighted by Crippen LogP contribution is 2.17. The van der Waals surface area contributed by atoms with Gasteiger partial charge in [0, 0.05) is 25.3 Å². The van der Waals surface area contributed by atoms with Crippen LogP contribution in [0.5, 0.6) is 0 Å². The first-order chi connectivity index (χ1) is 12.1. The molecule has 0 spiro atoms. The van der Waals surface area contributed by atoms with Crippen LogP contribution in [0.1, 0.15) is 22.0 Å². The minimum atomic E-state index is -0.213. The fraction of sp³-hybridized carbons (Fsp3) is 0.211. The van der Waals surface area contributed by atoms with Gasteiger partial charge in [-0.05, 0) is 29.8 Å². The van der Waals surface area contributed by atoms with E-state index in [2.05, 4.69) is 15.5 Å². The zero-order valence-electron chi connectivity index (χ0n) is 14.3. The second-order valence-electron chi connectivity index (χ2n) is 5.96. The molecule has 1 heterocycles. The molecule has 0 saturated heterocycles. The summed E-state index contributed by atoms with van der Waals surface area (Å²) in [6.45, 7) is 0.471. The molecule has 1 amide bonds. The maximum absolute atomic E-state index is 12.7. The lowest BCUT2D eigenvalue weighted by atomic mass is 10.1. The number of carbonyl (C=O) groups excluding carboxylic acids is 1. The summed E-state index contributed by atoms with van der Waals surface area (Å²) in [6.07, 6.45) is 3.26. The van der Waals surface area contributed by atoms with Gasteiger partial charge in [-0.25, -0.2) is 0 Å². The number of anilines is 1. The van der Waals surface area contributed by atoms with Gasteiger partial charge in [-0.3, -0.25) is 4.79 Å². The number of nitrogens with zero attached hydrogens (tertiary/aromatic N) is 4. The molecule has 0 bridgehead atoms. The van der Waals surface area contributed by atoms with Gasteiger partial charge in [0.05, 0.1) is 25.0 Å². The molecule has 1 atom stereocenters. The van der Waals surface area contributed by atoms with E-state index < -0.39 is 0 Å². The Balaban J connectivity index is 1.78. The lowest BCUT2D eigenvalue weighted by molar-refractivity contribution is 0.0931. The van der Waals surface area contributed by atoms with Crippen molar-refractivity contribution < 1.29 is 4.79 Å². The van der Waals surface area contributed by atoms with Crippen LogP contribution >= 0.6 is 0 Å². The van der Waals surface area contributed by atoms with Gasteiger partial charge in [-0.2, -0.15) is 15.0 Å². The molecule has 3 aromatic rings. The number of rotatable bonds is 6. The Bertz CT molecular complexity index is 798. The highest BCUT2D eigenvalue weighted by Gasteiger charge is 2.17. The van der Waals surface area contributed by atoms with Gasteiger partial charge >= 0.3 is 0 Å². The molecule has 6 heteroatoms. The predicted molar refractivity (Wildman–Crippen MR) is 97.4 cm³/mol. The van der Waals surface area contributed by atoms with E-state index in [9.17, 15) is 4.79 Å². The van der Waals surface area contributed by atoms with Crippen LogP contribution in [0.25, 0.3) is 0 Å². The smallest absolute Gasteiger partial charge is 0.251 e. The van der Waals surface area contributed by atoms with E-state index in [1.165, 1.54) is 0 Å². The van der Waals surface area contributed by atoms with Crippen LogP contribution in [-0.2, 0) is 6.54 Å². The summed E-state index contributed by atoms with van der Waals surface area (Å²) in [6, 6.07) is 17.2. The second kappa shape index (κ2) is 7.61. The van der Waals surface area contributed by atoms with Crippen molar-refractivity contribution in [1.29, 1.82) is 0 Å². The normalized spacial score (nSPS) is 11.8. The first kappa shape index (κ1) is 16.7. The Hall–Kier alpha value is -3.15. The molecule has 2 aromatic carbocycles. The lowest BCUT2D eigenvalue weighted by Gasteiger charge is -2.19. The Labute approximate surface area is 147 Å². The standard InChI is InChI=1S/C19H21N5O/c1-23(2)17-10-8-16(9-11-17)19(25)22-18(14-24-20-12-13-21-24)15-6-4-3-5-7-15/h3-13,18H,14H2,1-2H3,(H,22,25). The third-order valence-corrected chi connectivity index (χ3v) is 3.97. The third-order valence-electron chi connectivity index (χ3n) is 3.97. The Morgan fingerprint density at radius 3 is 2.28 bits per heavy atom. The highest BCUT2D eigenvalue weighted by molar-refractivity contribution is 5.94. The van der Waals surface area contributed by atoms with Crippen LogP contribution in [0.2, 0.25) is 0 Å². The summed E-state index contributed by atoms with van der Waals surface area (Å²) in [5, 5.41) is 11.4. The van der Waals surface area contributed by atoms with Gasteiger partial charge < -0.3 is 10.2 Å². The lowest BCUT2D eigenvalue weighted by Crippen LogP contribution is -2.32. The van der Waals surface area contributed by atoms with Gasteiger partial charge in [0.15, 0.2) is 0 Å². The molecule has 6 nitrogen and oxygen atoms in total. The Morgan fingerprint density at radius 1 is 1.04 bits per heavy atom. The number of amides is 1. The van der Waals surface area contributed by atoms with Crippen molar-refractivity contribution in [2.45, 2.75) is 12.6 Å². The molecule has 0 aliphatic rings. The van der Waals surface area contributed by atoms with Crippen LogP contribution in [-0.4, -0.2) is 35.0 Å². The average molecular weight is 335 g/mol. The molecule has 0 radical (unpaired) electrons. The zero-order chi connectivity index (χ0) is 17.6. The van der Waals surface area contributed by atoms with Crippen LogP contribution in [0.3, 0.4) is 0 Å². The number of hydrogen-bond acceptors (Lipinski definition) is 4. The molecule has 3 rings (SSSR count). The highest BCUT2D eigenvalue weighted by atomic mass is 16.1. The first-order valence-corrected chi connectivity index (χ1v) is 8.11. The van der Waals surface area contributed by atoms with Gasteiger partial charge in [0.1, 0.15) is 0 Å². The minimum absolute atomic E-state index is 0.119. The second-order valence-corrected chi connectivity index (χ2v) is 5.96. The van der Waals surface area contributed by atoms with Crippen molar-refractivity contribution in [2.75, 3.05) is 19.0 Å². The summed E-state index contributed by atoms with van der Waals surface area (Å²) in [4.78, 5) is 16.2. The van der Waals surface area contributed by atoms with Gasteiger partial charge in [0.25, 0.3) is 5.91 Å². The van der Waals surface area contributed by atoms with E-state index in [1.54, 1.807) is 17.2 Å². The molecule has 25 heavy (non-hydrogen) atoms. The van der Waals surface area contributed by atoms with E-state index in [1.807, 2.05) is 73.6 Å². The minimum Gasteiger partial charge on any atom is -0.378 e. The molecule has 1 unspecified atom stereocenters. The predicted octanol–water partition coefficient (Wildman–Crippen LogP) is 2.52. The number of carbonyl (C=O) groups is 1. The number of aromatic nitrogens is 3. The molecule has 1 N–H and O–H groups in total. The summed E-state index contributed by atoms with van der Waals surface area (Å²) in [5.74, 6) is -0.119. The summed E-state index contributed by atoms with van der Waals surface area (Å²) in [7, 11) is 3.94. The van der Waals surface area contributed by atoms with Crippen molar-refractivity contribution in [1.82, 2.24) is 20.3 Å². The van der Waals surface area contributed by atoms with E-state index in [-0.39, 0.29) is 11.9 Å². The maximum atomic E-state index is 12.7. The number of nitrogens with one attached hydrogen (secondary N) is 1. The first-order valence-electron chi connectivity index (χ1n) is 8.11. The maximum Gasteiger partial charge on any atom is 0.251 e. The molecule has 0 aliphatic carbocycles. The molecule has 0 saturated carbocycles. The quantitative estimate of drug-likeness (QED) is 0.752. The molecular formula is C19H21N5O. The van der Waals surface area contributed by atoms with Crippen LogP contribution in [0.15, 0.2) is 67.0 Å². The van der Waals surface area contributed by atoms with E-state index in [0.717, 1.165) is 11.3 Å². The number of benzene rings is 2. The average Bonchev–Trinajstić information content (AvgIpc) is 3.15. The van der Waals surface area contributed by atoms with Crippen molar-refractivity contribution >= 4 is 11.6 Å². The van der Waals surface area contributed by atoms with Crippen molar-refractivity contribution in [2.24, 2.45) is 0 Å². The van der Waals surface area contributed by atoms with Crippen LogP contribution in [0, 0.1) is 0 Å². The zero-order valence-corrected chi connectivity index (χ0v) is 14.3. The molecule has 1 aromatic heterocycles.